The number of ether oxygens (including phenoxy) is 1. The summed E-state index contributed by atoms with van der Waals surface area (Å²) in [7, 11) is 1.86. The normalized spacial score (nSPS) is 12.2. The zero-order valence-electron chi connectivity index (χ0n) is 12.8. The van der Waals surface area contributed by atoms with Gasteiger partial charge in [-0.3, -0.25) is 4.79 Å². The first-order chi connectivity index (χ1) is 10.9. The number of amides is 1. The molecule has 0 aliphatic rings. The van der Waals surface area contributed by atoms with E-state index in [-0.39, 0.29) is 18.2 Å². The summed E-state index contributed by atoms with van der Waals surface area (Å²) in [5, 5.41) is 6.33. The second-order valence-electron chi connectivity index (χ2n) is 5.20. The Kier molecular flexibility index (Phi) is 5.64. The van der Waals surface area contributed by atoms with E-state index in [1.54, 1.807) is 25.1 Å². The molecular formula is C15H18F2N3O3+. The number of hydrogen-bond acceptors (Lipinski definition) is 4. The van der Waals surface area contributed by atoms with Crippen molar-refractivity contribution in [3.8, 4) is 5.75 Å². The van der Waals surface area contributed by atoms with Gasteiger partial charge in [-0.25, -0.2) is 0 Å². The number of likely N-dealkylation sites (N-methyl/N-ethyl adjacent to an activating group) is 1. The van der Waals surface area contributed by atoms with Crippen LogP contribution in [0.3, 0.4) is 0 Å². The lowest BCUT2D eigenvalue weighted by molar-refractivity contribution is -0.885. The molecule has 23 heavy (non-hydrogen) atoms. The summed E-state index contributed by atoms with van der Waals surface area (Å²) >= 11 is 0. The molecule has 0 radical (unpaired) electrons. The molecule has 0 aliphatic heterocycles. The van der Waals surface area contributed by atoms with Gasteiger partial charge < -0.3 is 19.5 Å². The minimum atomic E-state index is -2.84. The average molecular weight is 326 g/mol. The van der Waals surface area contributed by atoms with E-state index >= 15 is 0 Å². The molecule has 1 unspecified atom stereocenters. The number of nitrogens with zero attached hydrogens (tertiary/aromatic N) is 1. The van der Waals surface area contributed by atoms with Gasteiger partial charge in [-0.1, -0.05) is 5.16 Å². The Balaban J connectivity index is 1.81. The molecule has 1 atom stereocenters. The SMILES string of the molecule is Cc1cc(NC(=O)C[NH+](C)Cc2ccc(OC(F)F)cc2)no1. The van der Waals surface area contributed by atoms with Crippen LogP contribution in [0.25, 0.3) is 0 Å². The number of halogens is 2. The number of quaternary nitrogens is 1. The van der Waals surface area contributed by atoms with Gasteiger partial charge in [0.25, 0.3) is 5.91 Å². The standard InChI is InChI=1S/C15H17F2N3O3/c1-10-7-13(19-23-10)18-14(21)9-20(2)8-11-3-5-12(6-4-11)22-15(16)17/h3-7,15H,8-9H2,1-2H3,(H,18,19,21)/p+1. The number of rotatable bonds is 7. The summed E-state index contributed by atoms with van der Waals surface area (Å²) in [6.07, 6.45) is 0. The fourth-order valence-corrected chi connectivity index (χ4v) is 2.09. The van der Waals surface area contributed by atoms with Crippen LogP contribution in [0, 0.1) is 6.92 Å². The highest BCUT2D eigenvalue weighted by molar-refractivity contribution is 5.90. The second kappa shape index (κ2) is 7.68. The quantitative estimate of drug-likeness (QED) is 0.803. The monoisotopic (exact) mass is 326 g/mol. The van der Waals surface area contributed by atoms with Crippen molar-refractivity contribution in [2.24, 2.45) is 0 Å². The van der Waals surface area contributed by atoms with Crippen molar-refractivity contribution < 1.29 is 27.7 Å². The smallest absolute Gasteiger partial charge is 0.387 e. The number of benzene rings is 1. The first-order valence-corrected chi connectivity index (χ1v) is 7.00. The molecule has 2 aromatic rings. The summed E-state index contributed by atoms with van der Waals surface area (Å²) in [6.45, 7) is -0.291. The summed E-state index contributed by atoms with van der Waals surface area (Å²) in [5.74, 6) is 0.926. The first kappa shape index (κ1) is 16.9. The van der Waals surface area contributed by atoms with Crippen molar-refractivity contribution >= 4 is 11.7 Å². The minimum Gasteiger partial charge on any atom is -0.435 e. The van der Waals surface area contributed by atoms with Gasteiger partial charge in [0.05, 0.1) is 7.05 Å². The summed E-state index contributed by atoms with van der Waals surface area (Å²) in [6, 6.07) is 7.98. The Bertz CT molecular complexity index is 644. The molecule has 1 amide bonds. The molecule has 2 N–H and O–H groups in total. The maximum absolute atomic E-state index is 12.1. The first-order valence-electron chi connectivity index (χ1n) is 7.00. The molecule has 2 rings (SSSR count). The molecule has 1 aromatic carbocycles. The maximum Gasteiger partial charge on any atom is 0.387 e. The van der Waals surface area contributed by atoms with E-state index in [1.807, 2.05) is 7.05 Å². The number of nitrogens with one attached hydrogen (secondary N) is 2. The van der Waals surface area contributed by atoms with Gasteiger partial charge in [0.2, 0.25) is 0 Å². The molecule has 124 valence electrons. The van der Waals surface area contributed by atoms with Crippen molar-refractivity contribution in [1.82, 2.24) is 5.16 Å². The van der Waals surface area contributed by atoms with Gasteiger partial charge in [-0.15, -0.1) is 0 Å². The van der Waals surface area contributed by atoms with Crippen molar-refractivity contribution in [1.29, 1.82) is 0 Å². The van der Waals surface area contributed by atoms with E-state index in [0.29, 0.717) is 18.1 Å². The summed E-state index contributed by atoms with van der Waals surface area (Å²) in [4.78, 5) is 12.8. The van der Waals surface area contributed by atoms with Gasteiger partial charge >= 0.3 is 6.61 Å². The molecule has 0 aliphatic carbocycles. The fraction of sp³-hybridized carbons (Fsp3) is 0.333. The molecule has 1 aromatic heterocycles. The predicted octanol–water partition coefficient (Wildman–Crippen LogP) is 1.24. The van der Waals surface area contributed by atoms with Crippen molar-refractivity contribution in [3.63, 3.8) is 0 Å². The molecule has 8 heteroatoms. The Morgan fingerprint density at radius 1 is 1.39 bits per heavy atom. The van der Waals surface area contributed by atoms with Gasteiger partial charge in [-0.05, 0) is 31.2 Å². The largest absolute Gasteiger partial charge is 0.435 e. The Morgan fingerprint density at radius 2 is 2.09 bits per heavy atom. The van der Waals surface area contributed by atoms with E-state index in [1.165, 1.54) is 12.1 Å². The highest BCUT2D eigenvalue weighted by atomic mass is 19.3. The lowest BCUT2D eigenvalue weighted by Crippen LogP contribution is -3.08. The van der Waals surface area contributed by atoms with Crippen molar-refractivity contribution in [3.05, 3.63) is 41.7 Å². The molecule has 1 heterocycles. The lowest BCUT2D eigenvalue weighted by atomic mass is 10.2. The average Bonchev–Trinajstić information content (AvgIpc) is 2.85. The number of hydrogen-bond donors (Lipinski definition) is 2. The number of aryl methyl sites for hydroxylation is 1. The van der Waals surface area contributed by atoms with Gasteiger partial charge in [-0.2, -0.15) is 8.78 Å². The molecule has 0 spiro atoms. The molecular weight excluding hydrogens is 308 g/mol. The van der Waals surface area contributed by atoms with E-state index < -0.39 is 6.61 Å². The fourth-order valence-electron chi connectivity index (χ4n) is 2.09. The molecule has 0 saturated carbocycles. The van der Waals surface area contributed by atoms with E-state index in [9.17, 15) is 13.6 Å². The minimum absolute atomic E-state index is 0.112. The van der Waals surface area contributed by atoms with Crippen LogP contribution in [-0.2, 0) is 11.3 Å². The highest BCUT2D eigenvalue weighted by Gasteiger charge is 2.13. The summed E-state index contributed by atoms with van der Waals surface area (Å²) < 4.78 is 33.3. The van der Waals surface area contributed by atoms with Crippen LogP contribution in [0.2, 0.25) is 0 Å². The van der Waals surface area contributed by atoms with Crippen molar-refractivity contribution in [2.75, 3.05) is 18.9 Å². The van der Waals surface area contributed by atoms with E-state index in [4.69, 9.17) is 4.52 Å². The molecule has 0 saturated heterocycles. The Labute approximate surface area is 132 Å². The third-order valence-electron chi connectivity index (χ3n) is 3.01. The maximum atomic E-state index is 12.1. The molecule has 0 fully saturated rings. The van der Waals surface area contributed by atoms with Crippen LogP contribution in [0.4, 0.5) is 14.6 Å². The topological polar surface area (TPSA) is 68.8 Å². The highest BCUT2D eigenvalue weighted by Crippen LogP contribution is 2.14. The van der Waals surface area contributed by atoms with Gasteiger partial charge in [0.15, 0.2) is 12.4 Å². The number of carbonyl (C=O) groups is 1. The zero-order chi connectivity index (χ0) is 16.8. The summed E-state index contributed by atoms with van der Waals surface area (Å²) in [5.41, 5.74) is 0.911. The molecule has 6 nitrogen and oxygen atoms in total. The predicted molar refractivity (Wildman–Crippen MR) is 78.4 cm³/mol. The Morgan fingerprint density at radius 3 is 2.65 bits per heavy atom. The van der Waals surface area contributed by atoms with Gasteiger partial charge in [0, 0.05) is 11.6 Å². The van der Waals surface area contributed by atoms with Crippen molar-refractivity contribution in [2.45, 2.75) is 20.1 Å². The van der Waals surface area contributed by atoms with Crippen LogP contribution >= 0.6 is 0 Å². The number of aromatic nitrogens is 1. The second-order valence-corrected chi connectivity index (χ2v) is 5.20. The van der Waals surface area contributed by atoms with E-state index in [0.717, 1.165) is 10.5 Å². The lowest BCUT2D eigenvalue weighted by Gasteiger charge is -2.13. The van der Waals surface area contributed by atoms with Crippen LogP contribution < -0.4 is 15.0 Å². The van der Waals surface area contributed by atoms with E-state index in [2.05, 4.69) is 15.2 Å². The number of alkyl halides is 2. The van der Waals surface area contributed by atoms with Gasteiger partial charge in [0.1, 0.15) is 18.1 Å². The van der Waals surface area contributed by atoms with Crippen LogP contribution in [0.15, 0.2) is 34.9 Å². The Hall–Kier alpha value is -2.48. The third kappa shape index (κ3) is 5.67. The van der Waals surface area contributed by atoms with Crippen LogP contribution in [0.5, 0.6) is 5.75 Å². The van der Waals surface area contributed by atoms with Crippen LogP contribution in [-0.4, -0.2) is 31.3 Å². The number of anilines is 1. The third-order valence-corrected chi connectivity index (χ3v) is 3.01. The van der Waals surface area contributed by atoms with Crippen LogP contribution in [0.1, 0.15) is 11.3 Å². The zero-order valence-corrected chi connectivity index (χ0v) is 12.8. The number of carbonyl (C=O) groups excluding carboxylic acids is 1. The molecule has 0 bridgehead atoms.